The van der Waals surface area contributed by atoms with Crippen molar-refractivity contribution in [2.45, 2.75) is 22.3 Å². The number of anilines is 2. The minimum atomic E-state index is -3.97. The van der Waals surface area contributed by atoms with Crippen LogP contribution in [-0.2, 0) is 21.1 Å². The minimum absolute atomic E-state index is 0.00491. The molecule has 3 aromatic carbocycles. The van der Waals surface area contributed by atoms with E-state index in [0.717, 1.165) is 11.3 Å². The highest BCUT2D eigenvalue weighted by Crippen LogP contribution is 2.31. The van der Waals surface area contributed by atoms with Gasteiger partial charge in [-0.1, -0.05) is 53.0 Å². The van der Waals surface area contributed by atoms with Gasteiger partial charge >= 0.3 is 12.0 Å². The van der Waals surface area contributed by atoms with Crippen LogP contribution in [0.15, 0.2) is 87.3 Å². The molecule has 0 saturated carbocycles. The molecule has 9 nitrogen and oxygen atoms in total. The number of benzene rings is 3. The molecule has 3 amide bonds. The molecule has 1 aromatic heterocycles. The fourth-order valence-corrected chi connectivity index (χ4v) is 6.94. The van der Waals surface area contributed by atoms with E-state index in [1.165, 1.54) is 35.0 Å². The summed E-state index contributed by atoms with van der Waals surface area (Å²) < 4.78 is 26.1. The Labute approximate surface area is 254 Å². The zero-order chi connectivity index (χ0) is 29.7. The predicted octanol–water partition coefficient (Wildman–Crippen LogP) is 6.61. The Kier molecular flexibility index (Phi) is 9.57. The van der Waals surface area contributed by atoms with E-state index in [1.54, 1.807) is 42.5 Å². The summed E-state index contributed by atoms with van der Waals surface area (Å²) in [4.78, 5) is 37.0. The normalized spacial score (nSPS) is 11.9. The van der Waals surface area contributed by atoms with Gasteiger partial charge in [0.25, 0.3) is 5.91 Å². The third-order valence-corrected chi connectivity index (χ3v) is 9.32. The molecule has 1 atom stereocenters. The first-order chi connectivity index (χ1) is 19.5. The molecule has 0 saturated heterocycles. The summed E-state index contributed by atoms with van der Waals surface area (Å²) in [6.07, 6.45) is -0.0904. The van der Waals surface area contributed by atoms with Crippen molar-refractivity contribution in [2.24, 2.45) is 0 Å². The van der Waals surface area contributed by atoms with Crippen LogP contribution in [0.1, 0.15) is 15.9 Å². The topological polar surface area (TPSA) is 142 Å². The van der Waals surface area contributed by atoms with Gasteiger partial charge in [0.2, 0.25) is 9.84 Å². The number of carboxylic acid groups (broad SMARTS) is 1. The minimum Gasteiger partial charge on any atom is -0.480 e. The summed E-state index contributed by atoms with van der Waals surface area (Å²) in [7, 11) is -3.97. The summed E-state index contributed by atoms with van der Waals surface area (Å²) >= 11 is 19.1. The molecule has 14 heteroatoms. The number of aliphatic carboxylic acids is 1. The van der Waals surface area contributed by atoms with Gasteiger partial charge in [-0.15, -0.1) is 11.3 Å². The monoisotopic (exact) mass is 651 g/mol. The number of amides is 3. The Hall–Kier alpha value is -3.61. The molecular formula is C27H20Cl3N3O6S2. The molecule has 0 fully saturated rings. The number of carbonyl (C=O) groups is 3. The van der Waals surface area contributed by atoms with Crippen molar-refractivity contribution >= 4 is 85.3 Å². The molecule has 1 unspecified atom stereocenters. The summed E-state index contributed by atoms with van der Waals surface area (Å²) in [5.41, 5.74) is 1.09. The molecule has 0 bridgehead atoms. The number of hydrogen-bond donors (Lipinski definition) is 4. The molecule has 0 spiro atoms. The fourth-order valence-electron chi connectivity index (χ4n) is 3.71. The first-order valence-corrected chi connectivity index (χ1v) is 15.2. The molecule has 41 heavy (non-hydrogen) atoms. The number of carbonyl (C=O) groups excluding carboxylic acids is 2. The number of urea groups is 1. The molecule has 4 aromatic rings. The number of thiophene rings is 1. The standard InChI is InChI=1S/C27H20Cl3N3O6S2/c28-16-6-10-18(11-7-16)41(38,39)23-14-40-13-22(23)33-27(37)32-21(26(35)36)12-15-4-8-17(9-5-15)31-25(34)24-19(29)2-1-3-20(24)30/h1-11,13-14,21H,12H2,(H,31,34)(H,35,36)(H2,32,33,37). The number of sulfone groups is 1. The zero-order valence-corrected chi connectivity index (χ0v) is 24.6. The molecule has 0 aliphatic carbocycles. The van der Waals surface area contributed by atoms with Gasteiger partial charge in [-0.25, -0.2) is 18.0 Å². The third kappa shape index (κ3) is 7.38. The van der Waals surface area contributed by atoms with Crippen LogP contribution in [0.5, 0.6) is 0 Å². The molecule has 1 heterocycles. The highest BCUT2D eigenvalue weighted by molar-refractivity contribution is 7.91. The van der Waals surface area contributed by atoms with E-state index in [-0.39, 0.29) is 37.5 Å². The molecule has 212 valence electrons. The van der Waals surface area contributed by atoms with Gasteiger partial charge < -0.3 is 21.1 Å². The summed E-state index contributed by atoms with van der Waals surface area (Å²) in [6, 6.07) is 14.3. The Morgan fingerprint density at radius 3 is 2.10 bits per heavy atom. The number of rotatable bonds is 9. The van der Waals surface area contributed by atoms with Crippen molar-refractivity contribution in [3.05, 3.63) is 104 Å². The quantitative estimate of drug-likeness (QED) is 0.160. The lowest BCUT2D eigenvalue weighted by molar-refractivity contribution is -0.139. The maximum atomic E-state index is 13.0. The van der Waals surface area contributed by atoms with Crippen molar-refractivity contribution in [1.82, 2.24) is 5.32 Å². The van der Waals surface area contributed by atoms with Crippen LogP contribution in [0.3, 0.4) is 0 Å². The Morgan fingerprint density at radius 2 is 1.49 bits per heavy atom. The lowest BCUT2D eigenvalue weighted by Gasteiger charge is -2.16. The lowest BCUT2D eigenvalue weighted by Crippen LogP contribution is -2.44. The van der Waals surface area contributed by atoms with Crippen LogP contribution in [0.2, 0.25) is 15.1 Å². The number of carboxylic acids is 1. The second-order valence-electron chi connectivity index (χ2n) is 8.55. The average Bonchev–Trinajstić information content (AvgIpc) is 3.38. The van der Waals surface area contributed by atoms with E-state index in [1.807, 2.05) is 0 Å². The zero-order valence-electron chi connectivity index (χ0n) is 20.7. The second-order valence-corrected chi connectivity index (χ2v) is 12.5. The van der Waals surface area contributed by atoms with Crippen LogP contribution in [0.4, 0.5) is 16.2 Å². The van der Waals surface area contributed by atoms with E-state index in [0.29, 0.717) is 16.3 Å². The van der Waals surface area contributed by atoms with Gasteiger partial charge in [-0.05, 0) is 54.1 Å². The first-order valence-electron chi connectivity index (χ1n) is 11.7. The summed E-state index contributed by atoms with van der Waals surface area (Å²) in [6.45, 7) is 0. The van der Waals surface area contributed by atoms with Gasteiger partial charge in [0, 0.05) is 27.9 Å². The van der Waals surface area contributed by atoms with Crippen LogP contribution in [-0.4, -0.2) is 37.5 Å². The Morgan fingerprint density at radius 1 is 0.854 bits per heavy atom. The average molecular weight is 653 g/mol. The smallest absolute Gasteiger partial charge is 0.326 e. The van der Waals surface area contributed by atoms with Crippen LogP contribution in [0, 0.1) is 0 Å². The van der Waals surface area contributed by atoms with Crippen LogP contribution < -0.4 is 16.0 Å². The molecule has 0 radical (unpaired) electrons. The fraction of sp³-hybridized carbons (Fsp3) is 0.0741. The first kappa shape index (κ1) is 30.4. The largest absolute Gasteiger partial charge is 0.480 e. The van der Waals surface area contributed by atoms with Crippen LogP contribution in [0.25, 0.3) is 0 Å². The number of nitrogens with one attached hydrogen (secondary N) is 3. The second kappa shape index (κ2) is 12.9. The summed E-state index contributed by atoms with van der Waals surface area (Å²) in [5, 5.41) is 20.7. The van der Waals surface area contributed by atoms with Crippen LogP contribution >= 0.6 is 46.1 Å². The molecular weight excluding hydrogens is 633 g/mol. The summed E-state index contributed by atoms with van der Waals surface area (Å²) in [5.74, 6) is -1.81. The molecule has 4 N–H and O–H groups in total. The van der Waals surface area contributed by atoms with Crippen molar-refractivity contribution in [1.29, 1.82) is 0 Å². The lowest BCUT2D eigenvalue weighted by atomic mass is 10.1. The number of hydrogen-bond acceptors (Lipinski definition) is 6. The molecule has 0 aliphatic heterocycles. The SMILES string of the molecule is O=C(Nc1cscc1S(=O)(=O)c1ccc(Cl)cc1)NC(Cc1ccc(NC(=O)c2c(Cl)cccc2Cl)cc1)C(=O)O. The van der Waals surface area contributed by atoms with Gasteiger partial charge in [0.1, 0.15) is 10.9 Å². The predicted molar refractivity (Wildman–Crippen MR) is 159 cm³/mol. The van der Waals surface area contributed by atoms with Gasteiger partial charge in [0.05, 0.1) is 26.2 Å². The highest BCUT2D eigenvalue weighted by atomic mass is 35.5. The van der Waals surface area contributed by atoms with Gasteiger partial charge in [-0.2, -0.15) is 0 Å². The molecule has 4 rings (SSSR count). The van der Waals surface area contributed by atoms with E-state index >= 15 is 0 Å². The van der Waals surface area contributed by atoms with Crippen molar-refractivity contribution in [3.8, 4) is 0 Å². The van der Waals surface area contributed by atoms with Crippen molar-refractivity contribution in [2.75, 3.05) is 10.6 Å². The van der Waals surface area contributed by atoms with Gasteiger partial charge in [0.15, 0.2) is 0 Å². The van der Waals surface area contributed by atoms with Crippen molar-refractivity contribution < 1.29 is 27.9 Å². The number of halogens is 3. The van der Waals surface area contributed by atoms with E-state index < -0.39 is 33.8 Å². The van der Waals surface area contributed by atoms with E-state index in [9.17, 15) is 27.9 Å². The van der Waals surface area contributed by atoms with Gasteiger partial charge in [-0.3, -0.25) is 4.79 Å². The van der Waals surface area contributed by atoms with E-state index in [2.05, 4.69) is 16.0 Å². The Bertz CT molecular complexity index is 1690. The maximum Gasteiger partial charge on any atom is 0.326 e. The Balaban J connectivity index is 1.41. The maximum absolute atomic E-state index is 13.0. The third-order valence-electron chi connectivity index (χ3n) is 5.73. The molecule has 0 aliphatic rings. The van der Waals surface area contributed by atoms with E-state index in [4.69, 9.17) is 34.8 Å². The highest BCUT2D eigenvalue weighted by Gasteiger charge is 2.25. The van der Waals surface area contributed by atoms with Crippen molar-refractivity contribution in [3.63, 3.8) is 0 Å².